The number of aromatic nitrogens is 3. The molecule has 0 radical (unpaired) electrons. The summed E-state index contributed by atoms with van der Waals surface area (Å²) in [5.41, 5.74) is 3.31. The summed E-state index contributed by atoms with van der Waals surface area (Å²) >= 11 is 3.46. The van der Waals surface area contributed by atoms with Gasteiger partial charge in [-0.1, -0.05) is 6.92 Å². The second kappa shape index (κ2) is 5.34. The van der Waals surface area contributed by atoms with Gasteiger partial charge in [0.1, 0.15) is 5.65 Å². The van der Waals surface area contributed by atoms with Gasteiger partial charge in [-0.2, -0.15) is 0 Å². The highest BCUT2D eigenvalue weighted by molar-refractivity contribution is 9.10. The van der Waals surface area contributed by atoms with Crippen molar-refractivity contribution < 1.29 is 5.11 Å². The molecule has 102 valence electrons. The van der Waals surface area contributed by atoms with Crippen molar-refractivity contribution in [2.75, 3.05) is 0 Å². The van der Waals surface area contributed by atoms with Crippen LogP contribution in [0.25, 0.3) is 16.9 Å². The van der Waals surface area contributed by atoms with Gasteiger partial charge in [-0.15, -0.1) is 0 Å². The number of fused-ring (bicyclic) bond motifs is 1. The molecule has 0 fully saturated rings. The van der Waals surface area contributed by atoms with E-state index >= 15 is 0 Å². The van der Waals surface area contributed by atoms with Crippen molar-refractivity contribution in [1.29, 1.82) is 0 Å². The maximum absolute atomic E-state index is 10.4. The molecule has 4 nitrogen and oxygen atoms in total. The minimum atomic E-state index is -0.561. The van der Waals surface area contributed by atoms with E-state index in [1.165, 1.54) is 0 Å². The van der Waals surface area contributed by atoms with Gasteiger partial charge >= 0.3 is 0 Å². The van der Waals surface area contributed by atoms with Crippen LogP contribution < -0.4 is 0 Å². The van der Waals surface area contributed by atoms with Crippen LogP contribution in [0.2, 0.25) is 0 Å². The highest BCUT2D eigenvalue weighted by Crippen LogP contribution is 2.30. The van der Waals surface area contributed by atoms with Gasteiger partial charge in [-0.3, -0.25) is 9.38 Å². The SMILES string of the molecule is CCC(O)c1c(-c2cccnc2)nc2ccc(Br)cn12. The Morgan fingerprint density at radius 2 is 2.20 bits per heavy atom. The number of nitrogens with zero attached hydrogens (tertiary/aromatic N) is 3. The lowest BCUT2D eigenvalue weighted by Gasteiger charge is -2.10. The number of pyridine rings is 2. The molecule has 0 spiro atoms. The molecule has 20 heavy (non-hydrogen) atoms. The third kappa shape index (κ3) is 2.23. The Hall–Kier alpha value is -1.72. The van der Waals surface area contributed by atoms with Gasteiger partial charge in [0.2, 0.25) is 0 Å². The summed E-state index contributed by atoms with van der Waals surface area (Å²) in [5, 5.41) is 10.4. The largest absolute Gasteiger partial charge is 0.387 e. The first kappa shape index (κ1) is 13.3. The summed E-state index contributed by atoms with van der Waals surface area (Å²) < 4.78 is 2.88. The van der Waals surface area contributed by atoms with E-state index in [0.717, 1.165) is 27.1 Å². The molecule has 0 aliphatic carbocycles. The first-order chi connectivity index (χ1) is 9.70. The van der Waals surface area contributed by atoms with Crippen LogP contribution in [-0.4, -0.2) is 19.5 Å². The molecule has 1 N–H and O–H groups in total. The third-order valence-electron chi connectivity index (χ3n) is 3.26. The van der Waals surface area contributed by atoms with E-state index in [-0.39, 0.29) is 0 Å². The number of imidazole rings is 1. The van der Waals surface area contributed by atoms with Crippen LogP contribution >= 0.6 is 15.9 Å². The Labute approximate surface area is 125 Å². The van der Waals surface area contributed by atoms with Gasteiger partial charge in [0.15, 0.2) is 0 Å². The molecule has 0 aliphatic heterocycles. The van der Waals surface area contributed by atoms with E-state index in [4.69, 9.17) is 0 Å². The fourth-order valence-electron chi connectivity index (χ4n) is 2.26. The van der Waals surface area contributed by atoms with Gasteiger partial charge in [0.25, 0.3) is 0 Å². The molecular formula is C15H14BrN3O. The van der Waals surface area contributed by atoms with Crippen LogP contribution in [0, 0.1) is 0 Å². The maximum atomic E-state index is 10.4. The van der Waals surface area contributed by atoms with E-state index in [1.807, 2.05) is 41.8 Å². The normalized spacial score (nSPS) is 12.8. The molecule has 0 aromatic carbocycles. The molecule has 3 aromatic rings. The molecule has 0 amide bonds. The molecule has 0 saturated carbocycles. The first-order valence-electron chi connectivity index (χ1n) is 6.46. The summed E-state index contributed by atoms with van der Waals surface area (Å²) in [4.78, 5) is 8.77. The van der Waals surface area contributed by atoms with Gasteiger partial charge in [-0.05, 0) is 46.6 Å². The van der Waals surface area contributed by atoms with E-state index in [0.29, 0.717) is 6.42 Å². The van der Waals surface area contributed by atoms with Crippen LogP contribution in [0.15, 0.2) is 47.3 Å². The number of hydrogen-bond acceptors (Lipinski definition) is 3. The topological polar surface area (TPSA) is 50.4 Å². The lowest BCUT2D eigenvalue weighted by molar-refractivity contribution is 0.168. The minimum absolute atomic E-state index is 0.561. The average Bonchev–Trinajstić information content (AvgIpc) is 2.86. The summed E-state index contributed by atoms with van der Waals surface area (Å²) in [5.74, 6) is 0. The molecule has 3 aromatic heterocycles. The molecule has 1 unspecified atom stereocenters. The molecular weight excluding hydrogens is 318 g/mol. The van der Waals surface area contributed by atoms with Crippen molar-refractivity contribution in [1.82, 2.24) is 14.4 Å². The number of halogens is 1. The van der Waals surface area contributed by atoms with Gasteiger partial charge in [0.05, 0.1) is 17.5 Å². The monoisotopic (exact) mass is 331 g/mol. The lowest BCUT2D eigenvalue weighted by Crippen LogP contribution is -2.02. The molecule has 5 heteroatoms. The van der Waals surface area contributed by atoms with Crippen LogP contribution in [0.5, 0.6) is 0 Å². The average molecular weight is 332 g/mol. The van der Waals surface area contributed by atoms with E-state index in [2.05, 4.69) is 25.9 Å². The molecule has 1 atom stereocenters. The second-order valence-corrected chi connectivity index (χ2v) is 5.50. The molecule has 0 aliphatic rings. The Balaban J connectivity index is 2.31. The Bertz CT molecular complexity index is 739. The Kier molecular flexibility index (Phi) is 3.54. The van der Waals surface area contributed by atoms with Gasteiger partial charge in [0, 0.05) is 28.6 Å². The zero-order valence-electron chi connectivity index (χ0n) is 11.0. The second-order valence-electron chi connectivity index (χ2n) is 4.59. The summed E-state index contributed by atoms with van der Waals surface area (Å²) in [7, 11) is 0. The standard InChI is InChI=1S/C15H14BrN3O/c1-2-12(20)15-14(10-4-3-7-17-8-10)18-13-6-5-11(16)9-19(13)15/h3-9,12,20H,2H2,1H3. The smallest absolute Gasteiger partial charge is 0.137 e. The number of rotatable bonds is 3. The van der Waals surface area contributed by atoms with Crippen LogP contribution in [-0.2, 0) is 0 Å². The van der Waals surface area contributed by atoms with Crippen LogP contribution in [0.3, 0.4) is 0 Å². The number of hydrogen-bond donors (Lipinski definition) is 1. The van der Waals surface area contributed by atoms with Crippen LogP contribution in [0.4, 0.5) is 0 Å². The number of aliphatic hydroxyl groups excluding tert-OH is 1. The van der Waals surface area contributed by atoms with Gasteiger partial charge < -0.3 is 5.11 Å². The number of aliphatic hydroxyl groups is 1. The summed E-state index contributed by atoms with van der Waals surface area (Å²) in [6.07, 6.45) is 5.49. The Morgan fingerprint density at radius 3 is 2.90 bits per heavy atom. The molecule has 3 heterocycles. The minimum Gasteiger partial charge on any atom is -0.387 e. The predicted octanol–water partition coefficient (Wildman–Crippen LogP) is 3.60. The van der Waals surface area contributed by atoms with Gasteiger partial charge in [-0.25, -0.2) is 4.98 Å². The van der Waals surface area contributed by atoms with Crippen molar-refractivity contribution >= 4 is 21.6 Å². The lowest BCUT2D eigenvalue weighted by atomic mass is 10.1. The summed E-state index contributed by atoms with van der Waals surface area (Å²) in [6.45, 7) is 1.95. The van der Waals surface area contributed by atoms with Crippen molar-refractivity contribution in [2.45, 2.75) is 19.4 Å². The zero-order chi connectivity index (χ0) is 14.1. The Morgan fingerprint density at radius 1 is 1.35 bits per heavy atom. The quantitative estimate of drug-likeness (QED) is 0.797. The fraction of sp³-hybridized carbons (Fsp3) is 0.200. The summed E-state index contributed by atoms with van der Waals surface area (Å²) in [6, 6.07) is 7.69. The molecule has 0 saturated heterocycles. The van der Waals surface area contributed by atoms with Crippen molar-refractivity contribution in [2.24, 2.45) is 0 Å². The highest BCUT2D eigenvalue weighted by atomic mass is 79.9. The molecule has 3 rings (SSSR count). The van der Waals surface area contributed by atoms with Crippen molar-refractivity contribution in [3.63, 3.8) is 0 Å². The van der Waals surface area contributed by atoms with Crippen molar-refractivity contribution in [3.05, 3.63) is 53.0 Å². The fourth-order valence-corrected chi connectivity index (χ4v) is 2.60. The zero-order valence-corrected chi connectivity index (χ0v) is 12.6. The van der Waals surface area contributed by atoms with E-state index in [9.17, 15) is 5.11 Å². The molecule has 0 bridgehead atoms. The van der Waals surface area contributed by atoms with E-state index < -0.39 is 6.10 Å². The van der Waals surface area contributed by atoms with Crippen molar-refractivity contribution in [3.8, 4) is 11.3 Å². The van der Waals surface area contributed by atoms with Crippen LogP contribution in [0.1, 0.15) is 25.1 Å². The maximum Gasteiger partial charge on any atom is 0.137 e. The first-order valence-corrected chi connectivity index (χ1v) is 7.26. The highest BCUT2D eigenvalue weighted by Gasteiger charge is 2.19. The third-order valence-corrected chi connectivity index (χ3v) is 3.73. The predicted molar refractivity (Wildman–Crippen MR) is 81.4 cm³/mol. The van der Waals surface area contributed by atoms with E-state index in [1.54, 1.807) is 12.4 Å².